The number of ether oxygens (including phenoxy) is 1. The number of rotatable bonds is 8. The maximum absolute atomic E-state index is 12.4. The van der Waals surface area contributed by atoms with Crippen molar-refractivity contribution in [3.05, 3.63) is 65.7 Å². The maximum Gasteiger partial charge on any atom is 0.240 e. The number of thioether (sulfide) groups is 1. The van der Waals surface area contributed by atoms with E-state index in [9.17, 15) is 9.59 Å². The molecule has 1 aliphatic heterocycles. The molecule has 1 aliphatic rings. The zero-order valence-corrected chi connectivity index (χ0v) is 19.1. The number of carbonyl (C=O) groups excluding carboxylic acids is 2. The summed E-state index contributed by atoms with van der Waals surface area (Å²) in [6.45, 7) is 3.85. The number of carbonyl (C=O) groups is 2. The van der Waals surface area contributed by atoms with Gasteiger partial charge in [-0.25, -0.2) is 0 Å². The van der Waals surface area contributed by atoms with Gasteiger partial charge in [-0.3, -0.25) is 9.59 Å². The Morgan fingerprint density at radius 1 is 1.22 bits per heavy atom. The Kier molecular flexibility index (Phi) is 8.21. The van der Waals surface area contributed by atoms with E-state index in [1.54, 1.807) is 7.11 Å². The number of anilines is 1. The molecule has 1 fully saturated rings. The minimum absolute atomic E-state index is 0.0631. The van der Waals surface area contributed by atoms with E-state index in [1.807, 2.05) is 74.5 Å². The van der Waals surface area contributed by atoms with Gasteiger partial charge in [0.05, 0.1) is 12.8 Å². The normalized spacial score (nSPS) is 17.6. The fourth-order valence-electron chi connectivity index (χ4n) is 3.00. The van der Waals surface area contributed by atoms with Crippen LogP contribution in [-0.2, 0) is 16.0 Å². The molecule has 1 saturated heterocycles. The minimum atomic E-state index is -0.534. The lowest BCUT2D eigenvalue weighted by atomic mass is 10.1. The largest absolute Gasteiger partial charge is 0.497 e. The van der Waals surface area contributed by atoms with Gasteiger partial charge in [0.2, 0.25) is 11.8 Å². The minimum Gasteiger partial charge on any atom is -0.497 e. The van der Waals surface area contributed by atoms with Crippen LogP contribution in [0.25, 0.3) is 6.08 Å². The molecular weight excluding hydrogens is 424 g/mol. The number of aryl methyl sites for hydroxylation is 1. The summed E-state index contributed by atoms with van der Waals surface area (Å²) in [6, 6.07) is 15.3. The molecule has 1 atom stereocenters. The Balaban J connectivity index is 1.55. The zero-order valence-electron chi connectivity index (χ0n) is 18.3. The zero-order chi connectivity index (χ0) is 22.9. The van der Waals surface area contributed by atoms with Gasteiger partial charge in [0.15, 0.2) is 5.17 Å². The molecule has 2 aromatic rings. The van der Waals surface area contributed by atoms with Crippen LogP contribution in [0.5, 0.6) is 5.75 Å². The molecule has 1 unspecified atom stereocenters. The lowest BCUT2D eigenvalue weighted by Crippen LogP contribution is -2.28. The van der Waals surface area contributed by atoms with E-state index in [0.29, 0.717) is 10.9 Å². The molecule has 32 heavy (non-hydrogen) atoms. The van der Waals surface area contributed by atoms with Crippen molar-refractivity contribution in [3.8, 4) is 5.75 Å². The predicted octanol–water partition coefficient (Wildman–Crippen LogP) is 4.26. The van der Waals surface area contributed by atoms with Gasteiger partial charge in [0.25, 0.3) is 0 Å². The van der Waals surface area contributed by atoms with Crippen LogP contribution in [-0.4, -0.2) is 35.1 Å². The van der Waals surface area contributed by atoms with Gasteiger partial charge in [-0.05, 0) is 48.7 Å². The second-order valence-electron chi connectivity index (χ2n) is 7.11. The van der Waals surface area contributed by atoms with Gasteiger partial charge in [-0.1, -0.05) is 55.1 Å². The molecule has 7 nitrogen and oxygen atoms in total. The number of hydrogen-bond donors (Lipinski definition) is 2. The molecule has 2 amide bonds. The molecule has 2 aromatic carbocycles. The second kappa shape index (κ2) is 11.3. The third-order valence-electron chi connectivity index (χ3n) is 4.75. The molecule has 0 spiro atoms. The summed E-state index contributed by atoms with van der Waals surface area (Å²) >= 11 is 1.21. The van der Waals surface area contributed by atoms with E-state index < -0.39 is 5.25 Å². The molecule has 0 saturated carbocycles. The Morgan fingerprint density at radius 3 is 2.69 bits per heavy atom. The average Bonchev–Trinajstić information content (AvgIpc) is 3.15. The summed E-state index contributed by atoms with van der Waals surface area (Å²) in [5, 5.41) is 13.7. The molecule has 0 radical (unpaired) electrons. The molecule has 0 aliphatic carbocycles. The number of benzene rings is 2. The van der Waals surface area contributed by atoms with E-state index in [4.69, 9.17) is 4.74 Å². The fraction of sp³-hybridized carbons (Fsp3) is 0.250. The van der Waals surface area contributed by atoms with Gasteiger partial charge in [-0.15, -0.1) is 5.10 Å². The molecular formula is C24H26N4O3S. The number of amides is 2. The summed E-state index contributed by atoms with van der Waals surface area (Å²) in [6.07, 6.45) is 4.63. The topological polar surface area (TPSA) is 92.2 Å². The van der Waals surface area contributed by atoms with Crippen LogP contribution in [0, 0.1) is 0 Å². The molecule has 3 rings (SSSR count). The molecule has 166 valence electrons. The van der Waals surface area contributed by atoms with Crippen molar-refractivity contribution in [2.24, 2.45) is 10.2 Å². The summed E-state index contributed by atoms with van der Waals surface area (Å²) < 4.78 is 5.14. The highest BCUT2D eigenvalue weighted by atomic mass is 32.2. The molecule has 0 bridgehead atoms. The van der Waals surface area contributed by atoms with Gasteiger partial charge in [-0.2, -0.15) is 5.10 Å². The van der Waals surface area contributed by atoms with Crippen molar-refractivity contribution in [2.75, 3.05) is 12.4 Å². The first-order valence-electron chi connectivity index (χ1n) is 10.3. The summed E-state index contributed by atoms with van der Waals surface area (Å²) in [7, 11) is 1.63. The lowest BCUT2D eigenvalue weighted by Gasteiger charge is -2.10. The maximum atomic E-state index is 12.4. The van der Waals surface area contributed by atoms with Crippen molar-refractivity contribution in [2.45, 2.75) is 31.9 Å². The van der Waals surface area contributed by atoms with Crippen LogP contribution in [0.4, 0.5) is 5.69 Å². The fourth-order valence-corrected chi connectivity index (χ4v) is 3.91. The van der Waals surface area contributed by atoms with Crippen molar-refractivity contribution >= 4 is 46.2 Å². The number of nitrogens with zero attached hydrogens (tertiary/aromatic N) is 2. The van der Waals surface area contributed by atoms with Crippen LogP contribution in [0.2, 0.25) is 0 Å². The second-order valence-corrected chi connectivity index (χ2v) is 8.30. The van der Waals surface area contributed by atoms with E-state index in [1.165, 1.54) is 11.8 Å². The van der Waals surface area contributed by atoms with E-state index in [-0.39, 0.29) is 18.2 Å². The highest BCUT2D eigenvalue weighted by Gasteiger charge is 2.32. The van der Waals surface area contributed by atoms with Crippen molar-refractivity contribution in [1.82, 2.24) is 5.32 Å². The van der Waals surface area contributed by atoms with Crippen molar-refractivity contribution in [3.63, 3.8) is 0 Å². The quantitative estimate of drug-likeness (QED) is 0.464. The van der Waals surface area contributed by atoms with E-state index in [2.05, 4.69) is 20.8 Å². The Labute approximate surface area is 192 Å². The summed E-state index contributed by atoms with van der Waals surface area (Å²) in [5.74, 6) is 0.349. The summed E-state index contributed by atoms with van der Waals surface area (Å²) in [4.78, 5) is 24.7. The first-order valence-corrected chi connectivity index (χ1v) is 11.2. The third kappa shape index (κ3) is 6.55. The number of amidine groups is 1. The predicted molar refractivity (Wildman–Crippen MR) is 131 cm³/mol. The molecule has 2 N–H and O–H groups in total. The molecule has 8 heteroatoms. The lowest BCUT2D eigenvalue weighted by molar-refractivity contribution is -0.122. The van der Waals surface area contributed by atoms with Crippen LogP contribution >= 0.6 is 11.8 Å². The smallest absolute Gasteiger partial charge is 0.240 e. The number of nitrogens with one attached hydrogen (secondary N) is 2. The Hall–Kier alpha value is -3.39. The Bertz CT molecular complexity index is 1060. The van der Waals surface area contributed by atoms with Crippen LogP contribution in [0.3, 0.4) is 0 Å². The van der Waals surface area contributed by atoms with E-state index in [0.717, 1.165) is 29.0 Å². The first kappa shape index (κ1) is 23.3. The number of methoxy groups -OCH3 is 1. The van der Waals surface area contributed by atoms with Crippen molar-refractivity contribution < 1.29 is 14.3 Å². The highest BCUT2D eigenvalue weighted by Crippen LogP contribution is 2.24. The monoisotopic (exact) mass is 450 g/mol. The molecule has 1 heterocycles. The van der Waals surface area contributed by atoms with Crippen molar-refractivity contribution in [1.29, 1.82) is 0 Å². The number of hydrogen-bond acceptors (Lipinski definition) is 6. The summed E-state index contributed by atoms with van der Waals surface area (Å²) in [5.41, 5.74) is 3.52. The third-order valence-corrected chi connectivity index (χ3v) is 5.82. The van der Waals surface area contributed by atoms with E-state index >= 15 is 0 Å². The van der Waals surface area contributed by atoms with Crippen LogP contribution in [0.1, 0.15) is 31.4 Å². The van der Waals surface area contributed by atoms with Gasteiger partial charge >= 0.3 is 0 Å². The van der Waals surface area contributed by atoms with Crippen LogP contribution < -0.4 is 15.4 Å². The number of allylic oxidation sites excluding steroid dienone is 1. The van der Waals surface area contributed by atoms with Gasteiger partial charge in [0.1, 0.15) is 11.0 Å². The average molecular weight is 451 g/mol. The highest BCUT2D eigenvalue weighted by molar-refractivity contribution is 8.15. The van der Waals surface area contributed by atoms with Gasteiger partial charge in [0, 0.05) is 12.1 Å². The SMILES string of the molecule is CCc1ccccc1NC(=O)CC1S/C(=N/N=C(C)\C=C\c2ccc(OC)cc2)NC1=O. The van der Waals surface area contributed by atoms with Gasteiger partial charge < -0.3 is 15.4 Å². The standard InChI is InChI=1S/C24H26N4O3S/c1-4-18-7-5-6-8-20(18)25-22(29)15-21-23(30)26-24(32-21)28-27-16(2)9-10-17-11-13-19(31-3)14-12-17/h5-14,21H,4,15H2,1-3H3,(H,25,29)(H,26,28,30)/b10-9+,27-16-. The Morgan fingerprint density at radius 2 is 1.97 bits per heavy atom. The van der Waals surface area contributed by atoms with Crippen LogP contribution in [0.15, 0.2) is 64.8 Å². The number of para-hydroxylation sites is 1. The molecule has 0 aromatic heterocycles. The first-order chi connectivity index (χ1) is 15.5.